The maximum atomic E-state index is 12.9. The molecule has 2 unspecified atom stereocenters. The van der Waals surface area contributed by atoms with E-state index in [0.29, 0.717) is 11.8 Å². The van der Waals surface area contributed by atoms with E-state index in [1.54, 1.807) is 10.5 Å². The Hall–Kier alpha value is -1.52. The number of halogens is 1. The van der Waals surface area contributed by atoms with E-state index in [1.807, 2.05) is 0 Å². The number of hydrogen-bond donors (Lipinski definition) is 1. The number of nitrogens with zero attached hydrogens (tertiary/aromatic N) is 1. The van der Waals surface area contributed by atoms with Gasteiger partial charge in [-0.3, -0.25) is 4.79 Å². The van der Waals surface area contributed by atoms with Gasteiger partial charge in [-0.25, -0.2) is 0 Å². The van der Waals surface area contributed by atoms with Crippen molar-refractivity contribution in [1.29, 1.82) is 0 Å². The Morgan fingerprint density at radius 3 is 2.72 bits per heavy atom. The summed E-state index contributed by atoms with van der Waals surface area (Å²) in [4.78, 5) is 17.0. The summed E-state index contributed by atoms with van der Waals surface area (Å²) in [6.45, 7) is 14.5. The molecule has 5 atom stereocenters. The summed E-state index contributed by atoms with van der Waals surface area (Å²) >= 11 is 0. The number of benzene rings is 1. The SMILES string of the molecule is Cc1cccc(N2CC[NH+](CC3C(=O)O[C@@H]4C[C@@]5(C)CCCC(C)C5=C[C@H]34)CC2)c1C.[Cl-]. The molecule has 32 heavy (non-hydrogen) atoms. The van der Waals surface area contributed by atoms with Crippen LogP contribution >= 0.6 is 0 Å². The fraction of sp³-hybridized carbons (Fsp3) is 0.667. The van der Waals surface area contributed by atoms with Crippen LogP contribution in [0.3, 0.4) is 0 Å². The molecule has 0 radical (unpaired) electrons. The minimum atomic E-state index is 0. The second-order valence-corrected chi connectivity index (χ2v) is 11.0. The molecule has 1 N–H and O–H groups in total. The molecule has 0 amide bonds. The summed E-state index contributed by atoms with van der Waals surface area (Å²) in [5.41, 5.74) is 6.01. The predicted octanol–water partition coefficient (Wildman–Crippen LogP) is 0.327. The van der Waals surface area contributed by atoms with Crippen LogP contribution in [0.4, 0.5) is 5.69 Å². The van der Waals surface area contributed by atoms with Crippen molar-refractivity contribution in [3.63, 3.8) is 0 Å². The number of ether oxygens (including phenoxy) is 1. The van der Waals surface area contributed by atoms with Gasteiger partial charge in [0, 0.05) is 11.6 Å². The molecule has 0 bridgehead atoms. The Kier molecular flexibility index (Phi) is 6.66. The molecule has 5 heteroatoms. The number of carbonyl (C=O) groups is 1. The zero-order valence-corrected chi connectivity index (χ0v) is 20.9. The summed E-state index contributed by atoms with van der Waals surface area (Å²) in [6, 6.07) is 6.62. The molecule has 5 rings (SSSR count). The standard InChI is InChI=1S/C27H38N2O2.ClH/c1-18-7-5-9-24(20(18)3)29-13-11-28(12-14-29)17-22-21-15-23-19(2)8-6-10-27(23,4)16-25(21)31-26(22)30;/h5,7,9,15,19,21-22,25H,6,8,10-14,16-17H2,1-4H3;1H/t19?,21-,22?,25-,27-;/m1./s1. The number of carbonyl (C=O) groups excluding carboxylic acids is 1. The molecule has 176 valence electrons. The van der Waals surface area contributed by atoms with E-state index in [0.717, 1.165) is 39.1 Å². The predicted molar refractivity (Wildman–Crippen MR) is 124 cm³/mol. The summed E-state index contributed by atoms with van der Waals surface area (Å²) in [5, 5.41) is 0. The number of hydrogen-bond acceptors (Lipinski definition) is 3. The Morgan fingerprint density at radius 1 is 1.22 bits per heavy atom. The second kappa shape index (κ2) is 9.02. The fourth-order valence-corrected chi connectivity index (χ4v) is 6.94. The van der Waals surface area contributed by atoms with E-state index in [4.69, 9.17) is 4.74 Å². The number of aryl methyl sites for hydroxylation is 1. The molecule has 2 aliphatic carbocycles. The number of fused-ring (bicyclic) bond motifs is 2. The third-order valence-corrected chi connectivity index (χ3v) is 8.98. The highest BCUT2D eigenvalue weighted by Crippen LogP contribution is 2.53. The first-order valence-electron chi connectivity index (χ1n) is 12.4. The average molecular weight is 459 g/mol. The molecule has 3 fully saturated rings. The maximum Gasteiger partial charge on any atom is 0.315 e. The van der Waals surface area contributed by atoms with Gasteiger partial charge in [0.1, 0.15) is 12.0 Å². The fourth-order valence-electron chi connectivity index (χ4n) is 6.94. The molecular weight excluding hydrogens is 420 g/mol. The number of rotatable bonds is 3. The molecule has 2 heterocycles. The molecule has 4 aliphatic rings. The minimum Gasteiger partial charge on any atom is -1.00 e. The lowest BCUT2D eigenvalue weighted by molar-refractivity contribution is -0.903. The molecule has 0 spiro atoms. The molecule has 0 aromatic heterocycles. The monoisotopic (exact) mass is 458 g/mol. The molecule has 4 nitrogen and oxygen atoms in total. The van der Waals surface area contributed by atoms with Crippen molar-refractivity contribution in [2.75, 3.05) is 37.6 Å². The van der Waals surface area contributed by atoms with Gasteiger partial charge in [-0.15, -0.1) is 0 Å². The van der Waals surface area contributed by atoms with Crippen molar-refractivity contribution < 1.29 is 26.8 Å². The van der Waals surface area contributed by atoms with Crippen LogP contribution in [0.2, 0.25) is 0 Å². The highest BCUT2D eigenvalue weighted by Gasteiger charge is 2.52. The zero-order valence-electron chi connectivity index (χ0n) is 20.1. The van der Waals surface area contributed by atoms with Crippen LogP contribution < -0.4 is 22.2 Å². The molecule has 2 aliphatic heterocycles. The smallest absolute Gasteiger partial charge is 0.315 e. The summed E-state index contributed by atoms with van der Waals surface area (Å²) in [7, 11) is 0. The van der Waals surface area contributed by atoms with Gasteiger partial charge in [0.15, 0.2) is 0 Å². The van der Waals surface area contributed by atoms with E-state index >= 15 is 0 Å². The van der Waals surface area contributed by atoms with E-state index in [2.05, 4.69) is 56.9 Å². The van der Waals surface area contributed by atoms with Crippen LogP contribution in [0.15, 0.2) is 29.8 Å². The lowest BCUT2D eigenvalue weighted by atomic mass is 9.59. The average Bonchev–Trinajstić information content (AvgIpc) is 3.03. The van der Waals surface area contributed by atoms with Crippen LogP contribution in [0.5, 0.6) is 0 Å². The first-order chi connectivity index (χ1) is 14.9. The maximum absolute atomic E-state index is 12.9. The van der Waals surface area contributed by atoms with Crippen molar-refractivity contribution in [2.24, 2.45) is 23.2 Å². The van der Waals surface area contributed by atoms with Gasteiger partial charge in [-0.05, 0) is 61.6 Å². The largest absolute Gasteiger partial charge is 1.00 e. The van der Waals surface area contributed by atoms with E-state index in [1.165, 1.54) is 36.1 Å². The number of allylic oxidation sites excluding steroid dienone is 1. The van der Waals surface area contributed by atoms with Gasteiger partial charge in [0.2, 0.25) is 0 Å². The highest BCUT2D eigenvalue weighted by molar-refractivity contribution is 5.76. The van der Waals surface area contributed by atoms with Crippen molar-refractivity contribution in [3.05, 3.63) is 41.0 Å². The van der Waals surface area contributed by atoms with Crippen LogP contribution in [-0.4, -0.2) is 44.8 Å². The number of piperazine rings is 1. The second-order valence-electron chi connectivity index (χ2n) is 11.0. The van der Waals surface area contributed by atoms with Crippen molar-refractivity contribution in [2.45, 2.75) is 59.5 Å². The summed E-state index contributed by atoms with van der Waals surface area (Å²) < 4.78 is 5.98. The number of esters is 1. The van der Waals surface area contributed by atoms with Crippen LogP contribution in [0, 0.1) is 37.0 Å². The third-order valence-electron chi connectivity index (χ3n) is 8.98. The van der Waals surface area contributed by atoms with E-state index in [-0.39, 0.29) is 35.8 Å². The van der Waals surface area contributed by atoms with Gasteiger partial charge < -0.3 is 26.9 Å². The molecule has 1 saturated carbocycles. The van der Waals surface area contributed by atoms with Gasteiger partial charge in [-0.2, -0.15) is 0 Å². The normalized spacial score (nSPS) is 34.8. The third kappa shape index (κ3) is 4.09. The molecular formula is C27H39ClN2O2. The lowest BCUT2D eigenvalue weighted by Crippen LogP contribution is -3.15. The van der Waals surface area contributed by atoms with Crippen LogP contribution in [0.25, 0.3) is 0 Å². The first-order valence-corrected chi connectivity index (χ1v) is 12.4. The molecule has 1 aromatic carbocycles. The van der Waals surface area contributed by atoms with Crippen molar-refractivity contribution in [1.82, 2.24) is 0 Å². The highest BCUT2D eigenvalue weighted by atomic mass is 35.5. The lowest BCUT2D eigenvalue weighted by Gasteiger charge is -2.46. The Balaban J connectivity index is 0.00000245. The first kappa shape index (κ1) is 23.6. The molecule has 2 saturated heterocycles. The summed E-state index contributed by atoms with van der Waals surface area (Å²) in [5.74, 6) is 1.05. The quantitative estimate of drug-likeness (QED) is 0.523. The summed E-state index contributed by atoms with van der Waals surface area (Å²) in [6.07, 6.45) is 7.49. The Labute approximate surface area is 199 Å². The van der Waals surface area contributed by atoms with Gasteiger partial charge in [-0.1, -0.05) is 44.1 Å². The van der Waals surface area contributed by atoms with E-state index < -0.39 is 0 Å². The minimum absolute atomic E-state index is 0. The van der Waals surface area contributed by atoms with Crippen LogP contribution in [-0.2, 0) is 9.53 Å². The van der Waals surface area contributed by atoms with Crippen molar-refractivity contribution >= 4 is 11.7 Å². The van der Waals surface area contributed by atoms with Crippen LogP contribution in [0.1, 0.15) is 50.7 Å². The topological polar surface area (TPSA) is 34.0 Å². The van der Waals surface area contributed by atoms with Gasteiger partial charge >= 0.3 is 5.97 Å². The van der Waals surface area contributed by atoms with Crippen molar-refractivity contribution in [3.8, 4) is 0 Å². The van der Waals surface area contributed by atoms with Gasteiger partial charge in [0.05, 0.1) is 32.7 Å². The van der Waals surface area contributed by atoms with Gasteiger partial charge in [0.25, 0.3) is 0 Å². The number of nitrogens with one attached hydrogen (secondary N) is 1. The zero-order chi connectivity index (χ0) is 21.8. The number of quaternary nitrogens is 1. The van der Waals surface area contributed by atoms with E-state index in [9.17, 15) is 4.79 Å². The Morgan fingerprint density at radius 2 is 1.97 bits per heavy atom. The Bertz CT molecular complexity index is 892. The molecule has 1 aromatic rings. The number of anilines is 1.